The highest BCUT2D eigenvalue weighted by Gasteiger charge is 2.29. The monoisotopic (exact) mass is 382 g/mol. The summed E-state index contributed by atoms with van der Waals surface area (Å²) in [5, 5.41) is 4.57. The Bertz CT molecular complexity index is 1210. The van der Waals surface area contributed by atoms with Gasteiger partial charge >= 0.3 is 6.18 Å². The average molecular weight is 382 g/mol. The van der Waals surface area contributed by atoms with Gasteiger partial charge in [0.15, 0.2) is 5.65 Å². The highest BCUT2D eigenvalue weighted by atomic mass is 19.4. The zero-order chi connectivity index (χ0) is 19.7. The van der Waals surface area contributed by atoms with Gasteiger partial charge in [0, 0.05) is 0 Å². The van der Waals surface area contributed by atoms with Crippen LogP contribution in [0.1, 0.15) is 17.0 Å². The largest absolute Gasteiger partial charge is 0.416 e. The first-order valence-electron chi connectivity index (χ1n) is 8.31. The van der Waals surface area contributed by atoms with E-state index >= 15 is 0 Å². The molecule has 0 unspecified atom stereocenters. The number of nitrogens with zero attached hydrogens (tertiary/aromatic N) is 3. The number of aromatic nitrogens is 4. The number of hydrogen-bond donors (Lipinski definition) is 1. The molecule has 2 heterocycles. The molecule has 0 aliphatic carbocycles. The summed E-state index contributed by atoms with van der Waals surface area (Å²) in [6.45, 7) is 0. The molecule has 0 bridgehead atoms. The van der Waals surface area contributed by atoms with Crippen LogP contribution in [0.15, 0.2) is 65.6 Å². The number of nitrogens with one attached hydrogen (secondary N) is 1. The van der Waals surface area contributed by atoms with Gasteiger partial charge in [-0.1, -0.05) is 36.4 Å². The van der Waals surface area contributed by atoms with Crippen LogP contribution in [0.25, 0.3) is 28.9 Å². The van der Waals surface area contributed by atoms with Crippen LogP contribution in [0.2, 0.25) is 0 Å². The average Bonchev–Trinajstić information content (AvgIpc) is 3.11. The number of halogens is 3. The van der Waals surface area contributed by atoms with Gasteiger partial charge < -0.3 is 4.98 Å². The fourth-order valence-corrected chi connectivity index (χ4v) is 2.73. The number of fused-ring (bicyclic) bond motifs is 1. The first-order chi connectivity index (χ1) is 13.4. The maximum absolute atomic E-state index is 12.6. The van der Waals surface area contributed by atoms with Crippen LogP contribution in [-0.2, 0) is 6.18 Å². The van der Waals surface area contributed by atoms with E-state index in [0.717, 1.165) is 17.8 Å². The van der Waals surface area contributed by atoms with Crippen molar-refractivity contribution >= 4 is 23.2 Å². The SMILES string of the molecule is O=c1[nH]c(/C=C/c2ccc(C(F)(F)F)cc2)nc2c1cnn2-c1ccccc1. The molecule has 2 aromatic carbocycles. The lowest BCUT2D eigenvalue weighted by molar-refractivity contribution is -0.137. The summed E-state index contributed by atoms with van der Waals surface area (Å²) in [5.41, 5.74) is 0.631. The minimum atomic E-state index is -4.38. The van der Waals surface area contributed by atoms with Crippen LogP contribution < -0.4 is 5.56 Å². The van der Waals surface area contributed by atoms with Gasteiger partial charge in [-0.15, -0.1) is 0 Å². The van der Waals surface area contributed by atoms with Crippen LogP contribution in [0, 0.1) is 0 Å². The van der Waals surface area contributed by atoms with Gasteiger partial charge in [-0.3, -0.25) is 4.79 Å². The second-order valence-electron chi connectivity index (χ2n) is 6.03. The third-order valence-electron chi connectivity index (χ3n) is 4.13. The Labute approximate surface area is 156 Å². The van der Waals surface area contributed by atoms with Crippen molar-refractivity contribution in [3.63, 3.8) is 0 Å². The molecular weight excluding hydrogens is 369 g/mol. The number of rotatable bonds is 3. The number of H-pyrrole nitrogens is 1. The van der Waals surface area contributed by atoms with E-state index < -0.39 is 11.7 Å². The van der Waals surface area contributed by atoms with E-state index in [0.29, 0.717) is 16.6 Å². The number of alkyl halides is 3. The lowest BCUT2D eigenvalue weighted by Crippen LogP contribution is -2.10. The lowest BCUT2D eigenvalue weighted by atomic mass is 10.1. The Morgan fingerprint density at radius 1 is 0.964 bits per heavy atom. The highest BCUT2D eigenvalue weighted by molar-refractivity contribution is 5.77. The zero-order valence-corrected chi connectivity index (χ0v) is 14.3. The lowest BCUT2D eigenvalue weighted by Gasteiger charge is -2.06. The molecule has 0 atom stereocenters. The van der Waals surface area contributed by atoms with E-state index in [9.17, 15) is 18.0 Å². The summed E-state index contributed by atoms with van der Waals surface area (Å²) in [6.07, 6.45) is 0.173. The Balaban J connectivity index is 1.69. The van der Waals surface area contributed by atoms with E-state index in [-0.39, 0.29) is 11.4 Å². The van der Waals surface area contributed by atoms with Crippen molar-refractivity contribution in [1.82, 2.24) is 19.7 Å². The van der Waals surface area contributed by atoms with Crippen LogP contribution in [-0.4, -0.2) is 19.7 Å². The van der Waals surface area contributed by atoms with Crippen molar-refractivity contribution < 1.29 is 13.2 Å². The maximum Gasteiger partial charge on any atom is 0.416 e. The molecule has 0 amide bonds. The highest BCUT2D eigenvalue weighted by Crippen LogP contribution is 2.29. The predicted molar refractivity (Wildman–Crippen MR) is 99.9 cm³/mol. The summed E-state index contributed by atoms with van der Waals surface area (Å²) in [4.78, 5) is 19.4. The number of hydrogen-bond acceptors (Lipinski definition) is 3. The summed E-state index contributed by atoms with van der Waals surface area (Å²) in [6, 6.07) is 14.0. The molecule has 1 N–H and O–H groups in total. The minimum absolute atomic E-state index is 0.273. The van der Waals surface area contributed by atoms with E-state index in [1.165, 1.54) is 24.4 Å². The Hall–Kier alpha value is -3.68. The fourth-order valence-electron chi connectivity index (χ4n) is 2.73. The normalized spacial score (nSPS) is 12.1. The van der Waals surface area contributed by atoms with Crippen LogP contribution in [0.5, 0.6) is 0 Å². The minimum Gasteiger partial charge on any atom is -0.306 e. The number of aromatic amines is 1. The predicted octanol–water partition coefficient (Wildman–Crippen LogP) is 4.30. The molecule has 0 aliphatic heterocycles. The molecule has 2 aromatic heterocycles. The molecule has 0 radical (unpaired) electrons. The zero-order valence-electron chi connectivity index (χ0n) is 14.3. The summed E-state index contributed by atoms with van der Waals surface area (Å²) < 4.78 is 39.5. The summed E-state index contributed by atoms with van der Waals surface area (Å²) in [7, 11) is 0. The van der Waals surface area contributed by atoms with Gasteiger partial charge in [0.1, 0.15) is 11.2 Å². The van der Waals surface area contributed by atoms with Gasteiger partial charge in [0.05, 0.1) is 17.4 Å². The Kier molecular flexibility index (Phi) is 4.31. The van der Waals surface area contributed by atoms with Crippen molar-refractivity contribution in [2.24, 2.45) is 0 Å². The Morgan fingerprint density at radius 3 is 2.36 bits per heavy atom. The van der Waals surface area contributed by atoms with E-state index in [4.69, 9.17) is 0 Å². The van der Waals surface area contributed by atoms with Crippen molar-refractivity contribution in [3.8, 4) is 5.69 Å². The smallest absolute Gasteiger partial charge is 0.306 e. The number of para-hydroxylation sites is 1. The van der Waals surface area contributed by atoms with E-state index in [2.05, 4.69) is 15.1 Å². The van der Waals surface area contributed by atoms with Crippen molar-refractivity contribution in [1.29, 1.82) is 0 Å². The van der Waals surface area contributed by atoms with Crippen molar-refractivity contribution in [2.75, 3.05) is 0 Å². The topological polar surface area (TPSA) is 63.6 Å². The van der Waals surface area contributed by atoms with Crippen LogP contribution >= 0.6 is 0 Å². The van der Waals surface area contributed by atoms with E-state index in [1.54, 1.807) is 10.8 Å². The molecule has 8 heteroatoms. The molecule has 0 spiro atoms. The first kappa shape index (κ1) is 17.7. The third-order valence-corrected chi connectivity index (χ3v) is 4.13. The molecule has 0 saturated heterocycles. The standard InChI is InChI=1S/C20H13F3N4O/c21-20(22,23)14-9-6-13(7-10-14)8-11-17-25-18-16(19(28)26-17)12-24-27(18)15-4-2-1-3-5-15/h1-12H,(H,25,26,28)/b11-8+. The molecule has 0 aliphatic rings. The maximum atomic E-state index is 12.6. The van der Waals surface area contributed by atoms with Crippen LogP contribution in [0.3, 0.4) is 0 Å². The summed E-state index contributed by atoms with van der Waals surface area (Å²) >= 11 is 0. The molecule has 0 saturated carbocycles. The van der Waals surface area contributed by atoms with Gasteiger partial charge in [-0.25, -0.2) is 9.67 Å². The molecule has 4 aromatic rings. The molecule has 140 valence electrons. The molecule has 0 fully saturated rings. The van der Waals surface area contributed by atoms with Gasteiger partial charge in [-0.2, -0.15) is 18.3 Å². The number of benzene rings is 2. The third kappa shape index (κ3) is 3.44. The molecule has 5 nitrogen and oxygen atoms in total. The molecule has 4 rings (SSSR count). The van der Waals surface area contributed by atoms with Gasteiger partial charge in [0.2, 0.25) is 0 Å². The fraction of sp³-hybridized carbons (Fsp3) is 0.0500. The summed E-state index contributed by atoms with van der Waals surface area (Å²) in [5.74, 6) is 0.273. The Morgan fingerprint density at radius 2 is 1.68 bits per heavy atom. The van der Waals surface area contributed by atoms with E-state index in [1.807, 2.05) is 30.3 Å². The second kappa shape index (κ2) is 6.80. The van der Waals surface area contributed by atoms with Gasteiger partial charge in [0.25, 0.3) is 5.56 Å². The van der Waals surface area contributed by atoms with Gasteiger partial charge in [-0.05, 0) is 35.9 Å². The first-order valence-corrected chi connectivity index (χ1v) is 8.31. The van der Waals surface area contributed by atoms with Crippen LogP contribution in [0.4, 0.5) is 13.2 Å². The van der Waals surface area contributed by atoms with Crippen molar-refractivity contribution in [3.05, 3.63) is 88.1 Å². The van der Waals surface area contributed by atoms with Crippen molar-refractivity contribution in [2.45, 2.75) is 6.18 Å². The second-order valence-corrected chi connectivity index (χ2v) is 6.03. The molecule has 28 heavy (non-hydrogen) atoms. The molecular formula is C20H13F3N4O. The quantitative estimate of drug-likeness (QED) is 0.575.